The van der Waals surface area contributed by atoms with Gasteiger partial charge in [-0.3, -0.25) is 9.69 Å². The van der Waals surface area contributed by atoms with Crippen LogP contribution in [0.1, 0.15) is 31.4 Å². The number of amides is 1. The lowest BCUT2D eigenvalue weighted by molar-refractivity contribution is -0.116. The number of hydrogen-bond donors (Lipinski definition) is 3. The first-order valence-corrected chi connectivity index (χ1v) is 11.7. The summed E-state index contributed by atoms with van der Waals surface area (Å²) in [4.78, 5) is 21.9. The Labute approximate surface area is 196 Å². The second kappa shape index (κ2) is 8.99. The van der Waals surface area contributed by atoms with Gasteiger partial charge >= 0.3 is 10.2 Å². The third-order valence-corrected chi connectivity index (χ3v) is 6.24. The van der Waals surface area contributed by atoms with Crippen molar-refractivity contribution in [3.63, 3.8) is 0 Å². The van der Waals surface area contributed by atoms with Crippen LogP contribution in [0.25, 0.3) is 0 Å². The molecule has 0 aliphatic carbocycles. The van der Waals surface area contributed by atoms with Crippen LogP contribution in [0.5, 0.6) is 0 Å². The van der Waals surface area contributed by atoms with E-state index < -0.39 is 20.8 Å². The molecule has 2 aromatic rings. The summed E-state index contributed by atoms with van der Waals surface area (Å²) in [6.07, 6.45) is 0.397. The summed E-state index contributed by atoms with van der Waals surface area (Å²) in [6, 6.07) is 8.92. The van der Waals surface area contributed by atoms with Crippen molar-refractivity contribution in [3.05, 3.63) is 52.5 Å². The molecule has 0 unspecified atom stereocenters. The Hall–Kier alpha value is -3.18. The molecule has 176 valence electrons. The molecule has 12 heteroatoms. The minimum absolute atomic E-state index is 0.0741. The van der Waals surface area contributed by atoms with Gasteiger partial charge in [0.1, 0.15) is 10.6 Å². The molecule has 0 aromatic heterocycles. The highest BCUT2D eigenvalue weighted by Gasteiger charge is 2.33. The fraction of sp³-hybridized carbons (Fsp3) is 0.286. The van der Waals surface area contributed by atoms with Crippen molar-refractivity contribution < 1.29 is 17.1 Å². The number of nitrogens with two attached hydrogens (primary N) is 2. The first-order chi connectivity index (χ1) is 15.3. The van der Waals surface area contributed by atoms with Crippen LogP contribution in [-0.4, -0.2) is 31.9 Å². The molecule has 5 N–H and O–H groups in total. The second-order valence-electron chi connectivity index (χ2n) is 8.01. The van der Waals surface area contributed by atoms with Crippen molar-refractivity contribution in [2.75, 3.05) is 10.2 Å². The summed E-state index contributed by atoms with van der Waals surface area (Å²) in [5, 5.41) is 3.04. The van der Waals surface area contributed by atoms with E-state index in [2.05, 4.69) is 15.3 Å². The highest BCUT2D eigenvalue weighted by molar-refractivity contribution is 7.86. The first-order valence-electron chi connectivity index (χ1n) is 9.91. The predicted octanol–water partition coefficient (Wildman–Crippen LogP) is 3.06. The van der Waals surface area contributed by atoms with E-state index in [4.69, 9.17) is 23.1 Å². The van der Waals surface area contributed by atoms with E-state index in [1.54, 1.807) is 30.0 Å². The van der Waals surface area contributed by atoms with Crippen LogP contribution in [0.4, 0.5) is 15.3 Å². The number of hydrogen-bond acceptors (Lipinski definition) is 8. The smallest absolute Gasteiger partial charge is 0.332 e. The molecule has 0 saturated heterocycles. The average Bonchev–Trinajstić information content (AvgIpc) is 2.66. The number of anilines is 2. The van der Waals surface area contributed by atoms with Gasteiger partial charge in [0.05, 0.1) is 0 Å². The summed E-state index contributed by atoms with van der Waals surface area (Å²) in [5.41, 5.74) is 13.2. The third-order valence-electron chi connectivity index (χ3n) is 5.07. The van der Waals surface area contributed by atoms with Crippen molar-refractivity contribution in [2.24, 2.45) is 21.5 Å². The number of aryl methyl sites for hydroxylation is 2. The van der Waals surface area contributed by atoms with Crippen LogP contribution in [-0.2, 0) is 21.4 Å². The largest absolute Gasteiger partial charge is 0.369 e. The zero-order valence-electron chi connectivity index (χ0n) is 18.3. The maximum absolute atomic E-state index is 13.3. The molecule has 1 heterocycles. The van der Waals surface area contributed by atoms with Crippen LogP contribution < -0.4 is 21.7 Å². The monoisotopic (exact) mass is 494 g/mol. The van der Waals surface area contributed by atoms with Gasteiger partial charge in [-0.25, -0.2) is 4.99 Å². The number of nitrogens with zero attached hydrogens (tertiary/aromatic N) is 3. The topological polar surface area (TPSA) is 143 Å². The van der Waals surface area contributed by atoms with Gasteiger partial charge in [-0.15, -0.1) is 3.89 Å². The van der Waals surface area contributed by atoms with Gasteiger partial charge in [0.15, 0.2) is 0 Å². The van der Waals surface area contributed by atoms with E-state index in [0.29, 0.717) is 22.7 Å². The lowest BCUT2D eigenvalue weighted by Gasteiger charge is -2.38. The number of carbonyl (C=O) groups is 1. The number of guanidine groups is 2. The quantitative estimate of drug-likeness (QED) is 0.526. The number of carbonyl (C=O) groups excluding carboxylic acids is 1. The number of nitrogens with one attached hydrogen (secondary N) is 1. The van der Waals surface area contributed by atoms with Gasteiger partial charge in [0.2, 0.25) is 17.8 Å². The number of halogens is 2. The molecule has 33 heavy (non-hydrogen) atoms. The Morgan fingerprint density at radius 2 is 1.91 bits per heavy atom. The Morgan fingerprint density at radius 1 is 1.21 bits per heavy atom. The number of rotatable bonds is 6. The molecular formula is C21H24ClFN6O3S. The fourth-order valence-corrected chi connectivity index (χ4v) is 4.24. The van der Waals surface area contributed by atoms with E-state index in [1.165, 1.54) is 6.07 Å². The minimum atomic E-state index is -4.87. The van der Waals surface area contributed by atoms with Gasteiger partial charge in [0.25, 0.3) is 0 Å². The summed E-state index contributed by atoms with van der Waals surface area (Å²) >= 11 is 6.45. The molecule has 0 fully saturated rings. The van der Waals surface area contributed by atoms with Gasteiger partial charge in [-0.2, -0.15) is 13.4 Å². The molecular weight excluding hydrogens is 471 g/mol. The van der Waals surface area contributed by atoms with Crippen LogP contribution in [0.3, 0.4) is 0 Å². The van der Waals surface area contributed by atoms with Crippen molar-refractivity contribution in [3.8, 4) is 0 Å². The maximum Gasteiger partial charge on any atom is 0.332 e. The van der Waals surface area contributed by atoms with E-state index in [9.17, 15) is 17.1 Å². The van der Waals surface area contributed by atoms with Crippen molar-refractivity contribution >= 4 is 51.0 Å². The van der Waals surface area contributed by atoms with E-state index >= 15 is 0 Å². The predicted molar refractivity (Wildman–Crippen MR) is 128 cm³/mol. The number of aliphatic imine (C=N–C) groups is 2. The van der Waals surface area contributed by atoms with Crippen LogP contribution in [0.2, 0.25) is 5.02 Å². The maximum atomic E-state index is 13.3. The molecule has 3 rings (SSSR count). The Balaban J connectivity index is 1.71. The van der Waals surface area contributed by atoms with Crippen molar-refractivity contribution in [1.29, 1.82) is 0 Å². The van der Waals surface area contributed by atoms with Crippen molar-refractivity contribution in [2.45, 2.75) is 44.2 Å². The molecule has 0 bridgehead atoms. The highest BCUT2D eigenvalue weighted by Crippen LogP contribution is 2.31. The summed E-state index contributed by atoms with van der Waals surface area (Å²) in [6.45, 7) is 5.34. The zero-order valence-corrected chi connectivity index (χ0v) is 19.8. The summed E-state index contributed by atoms with van der Waals surface area (Å²) < 4.78 is 35.5. The average molecular weight is 495 g/mol. The molecule has 1 aliphatic heterocycles. The third kappa shape index (κ3) is 5.60. The van der Waals surface area contributed by atoms with E-state index in [-0.39, 0.29) is 29.9 Å². The Morgan fingerprint density at radius 3 is 2.52 bits per heavy atom. The molecule has 2 aromatic carbocycles. The van der Waals surface area contributed by atoms with Gasteiger partial charge in [0, 0.05) is 22.8 Å². The Kier molecular flexibility index (Phi) is 6.66. The Bertz CT molecular complexity index is 1280. The van der Waals surface area contributed by atoms with Crippen LogP contribution in [0, 0.1) is 6.92 Å². The highest BCUT2D eigenvalue weighted by atomic mass is 35.5. The first kappa shape index (κ1) is 24.5. The molecule has 0 spiro atoms. The molecule has 1 aliphatic rings. The number of benzene rings is 2. The standard InChI is InChI=1S/C21H24ClFN6O3S/c1-12-4-8-15(33(23,31)32)11-17(12)26-18(30)9-6-13-5-7-14(10-16(13)22)29-20(25)27-19(24)28-21(29,2)3/h4-5,7-8,10-11H,6,9H2,1-3H3,(H,26,30)(H4,24,25,27,28). The second-order valence-corrected chi connectivity index (χ2v) is 9.76. The molecule has 0 atom stereocenters. The fourth-order valence-electron chi connectivity index (χ4n) is 3.48. The summed E-state index contributed by atoms with van der Waals surface area (Å²) in [7, 11) is -4.87. The van der Waals surface area contributed by atoms with Crippen molar-refractivity contribution in [1.82, 2.24) is 0 Å². The lowest BCUT2D eigenvalue weighted by atomic mass is 10.1. The zero-order chi connectivity index (χ0) is 24.6. The van der Waals surface area contributed by atoms with Gasteiger partial charge in [-0.1, -0.05) is 23.7 Å². The van der Waals surface area contributed by atoms with Crippen LogP contribution >= 0.6 is 11.6 Å². The molecule has 0 saturated carbocycles. The van der Waals surface area contributed by atoms with E-state index in [0.717, 1.165) is 17.7 Å². The van der Waals surface area contributed by atoms with Gasteiger partial charge in [-0.05, 0) is 62.6 Å². The molecule has 0 radical (unpaired) electrons. The molecule has 9 nitrogen and oxygen atoms in total. The van der Waals surface area contributed by atoms with E-state index in [1.807, 2.05) is 13.8 Å². The van der Waals surface area contributed by atoms with Crippen LogP contribution in [0.15, 0.2) is 51.3 Å². The SMILES string of the molecule is Cc1ccc(S(=O)(=O)F)cc1NC(=O)CCc1ccc(N2C(N)=NC(N)=NC2(C)C)cc1Cl. The minimum Gasteiger partial charge on any atom is -0.369 e. The normalized spacial score (nSPS) is 15.6. The lowest BCUT2D eigenvalue weighted by Crippen LogP contribution is -2.54. The molecule has 1 amide bonds. The summed E-state index contributed by atoms with van der Waals surface area (Å²) in [5.74, 6) is -0.0963. The van der Waals surface area contributed by atoms with Gasteiger partial charge < -0.3 is 16.8 Å².